The normalized spacial score (nSPS) is 16.4. The van der Waals surface area contributed by atoms with Gasteiger partial charge in [-0.3, -0.25) is 4.79 Å². The first-order valence-electron chi connectivity index (χ1n) is 9.12. The minimum absolute atomic E-state index is 0.0851. The van der Waals surface area contributed by atoms with E-state index < -0.39 is 0 Å². The molecule has 1 heterocycles. The molecule has 0 aromatic heterocycles. The smallest absolute Gasteiger partial charge is 0.227 e. The van der Waals surface area contributed by atoms with Gasteiger partial charge in [0.15, 0.2) is 0 Å². The molecular formula is C21H26N2O3. The number of nitrogens with two attached hydrogens (primary N) is 1. The molecule has 1 unspecified atom stereocenters. The van der Waals surface area contributed by atoms with Gasteiger partial charge < -0.3 is 20.1 Å². The molecule has 26 heavy (non-hydrogen) atoms. The van der Waals surface area contributed by atoms with E-state index in [0.717, 1.165) is 30.8 Å². The second kappa shape index (κ2) is 9.25. The summed E-state index contributed by atoms with van der Waals surface area (Å²) in [4.78, 5) is 14.7. The lowest BCUT2D eigenvalue weighted by atomic mass is 10.1. The van der Waals surface area contributed by atoms with Gasteiger partial charge >= 0.3 is 0 Å². The largest absolute Gasteiger partial charge is 0.492 e. The molecule has 0 aliphatic carbocycles. The van der Waals surface area contributed by atoms with Crippen LogP contribution in [0.3, 0.4) is 0 Å². The molecule has 3 rings (SSSR count). The molecule has 0 saturated carbocycles. The predicted molar refractivity (Wildman–Crippen MR) is 102 cm³/mol. The number of amides is 1. The summed E-state index contributed by atoms with van der Waals surface area (Å²) in [6.45, 7) is 2.41. The molecule has 1 saturated heterocycles. The Kier molecular flexibility index (Phi) is 6.50. The average Bonchev–Trinajstić information content (AvgIpc) is 3.17. The lowest BCUT2D eigenvalue weighted by Crippen LogP contribution is -2.40. The molecule has 138 valence electrons. The lowest BCUT2D eigenvalue weighted by molar-refractivity contribution is -0.132. The Morgan fingerprint density at radius 1 is 1.15 bits per heavy atom. The van der Waals surface area contributed by atoms with Crippen LogP contribution < -0.4 is 10.5 Å². The summed E-state index contributed by atoms with van der Waals surface area (Å²) in [6, 6.07) is 17.1. The third-order valence-electron chi connectivity index (χ3n) is 4.51. The summed E-state index contributed by atoms with van der Waals surface area (Å²) < 4.78 is 11.5. The predicted octanol–water partition coefficient (Wildman–Crippen LogP) is 2.90. The van der Waals surface area contributed by atoms with Crippen molar-refractivity contribution < 1.29 is 14.3 Å². The molecule has 5 heteroatoms. The number of carbonyl (C=O) groups excluding carboxylic acids is 1. The van der Waals surface area contributed by atoms with Crippen LogP contribution in [0.15, 0.2) is 54.6 Å². The van der Waals surface area contributed by atoms with Crippen LogP contribution in [-0.2, 0) is 16.0 Å². The quantitative estimate of drug-likeness (QED) is 0.741. The van der Waals surface area contributed by atoms with Crippen LogP contribution in [0.1, 0.15) is 18.4 Å². The summed E-state index contributed by atoms with van der Waals surface area (Å²) in [6.07, 6.45) is 2.55. The molecule has 2 N–H and O–H groups in total. The highest BCUT2D eigenvalue weighted by Crippen LogP contribution is 2.15. The van der Waals surface area contributed by atoms with Crippen molar-refractivity contribution in [3.63, 3.8) is 0 Å². The van der Waals surface area contributed by atoms with Gasteiger partial charge in [-0.2, -0.15) is 0 Å². The summed E-state index contributed by atoms with van der Waals surface area (Å²) in [5, 5.41) is 0. The Morgan fingerprint density at radius 2 is 1.92 bits per heavy atom. The second-order valence-electron chi connectivity index (χ2n) is 6.55. The highest BCUT2D eigenvalue weighted by molar-refractivity contribution is 5.79. The van der Waals surface area contributed by atoms with E-state index >= 15 is 0 Å². The SMILES string of the molecule is Nc1ccc(CC(=O)N(CCOc2ccccc2)CC2CCCO2)cc1. The maximum absolute atomic E-state index is 12.8. The zero-order valence-corrected chi connectivity index (χ0v) is 15.0. The zero-order valence-electron chi connectivity index (χ0n) is 15.0. The van der Waals surface area contributed by atoms with Gasteiger partial charge in [-0.25, -0.2) is 0 Å². The molecular weight excluding hydrogens is 328 g/mol. The number of nitrogen functional groups attached to an aromatic ring is 1. The van der Waals surface area contributed by atoms with Crippen molar-refractivity contribution in [1.82, 2.24) is 4.90 Å². The Balaban J connectivity index is 1.57. The Hall–Kier alpha value is -2.53. The van der Waals surface area contributed by atoms with Crippen molar-refractivity contribution in [3.05, 3.63) is 60.2 Å². The monoisotopic (exact) mass is 354 g/mol. The number of benzene rings is 2. The van der Waals surface area contributed by atoms with Crippen molar-refractivity contribution in [2.45, 2.75) is 25.4 Å². The van der Waals surface area contributed by atoms with E-state index in [-0.39, 0.29) is 12.0 Å². The van der Waals surface area contributed by atoms with Crippen molar-refractivity contribution in [2.24, 2.45) is 0 Å². The Morgan fingerprint density at radius 3 is 2.62 bits per heavy atom. The number of hydrogen-bond acceptors (Lipinski definition) is 4. The fraction of sp³-hybridized carbons (Fsp3) is 0.381. The standard InChI is InChI=1S/C21H26N2O3/c22-18-10-8-17(9-11-18)15-21(24)23(16-20-7-4-13-25-20)12-14-26-19-5-2-1-3-6-19/h1-3,5-6,8-11,20H,4,7,12-16,22H2. The molecule has 1 fully saturated rings. The van der Waals surface area contributed by atoms with Crippen LogP contribution in [0, 0.1) is 0 Å². The number of ether oxygens (including phenoxy) is 2. The number of rotatable bonds is 8. The van der Waals surface area contributed by atoms with Crippen LogP contribution in [-0.4, -0.2) is 43.2 Å². The van der Waals surface area contributed by atoms with E-state index in [1.165, 1.54) is 0 Å². The van der Waals surface area contributed by atoms with E-state index in [2.05, 4.69) is 0 Å². The van der Waals surface area contributed by atoms with Crippen molar-refractivity contribution >= 4 is 11.6 Å². The summed E-state index contributed by atoms with van der Waals surface area (Å²) in [5.41, 5.74) is 7.38. The lowest BCUT2D eigenvalue weighted by Gasteiger charge is -2.25. The van der Waals surface area contributed by atoms with E-state index in [0.29, 0.717) is 31.8 Å². The maximum Gasteiger partial charge on any atom is 0.227 e. The minimum Gasteiger partial charge on any atom is -0.492 e. The van der Waals surface area contributed by atoms with E-state index in [1.807, 2.05) is 59.5 Å². The highest BCUT2D eigenvalue weighted by atomic mass is 16.5. The van der Waals surface area contributed by atoms with E-state index in [9.17, 15) is 4.79 Å². The molecule has 2 aromatic rings. The second-order valence-corrected chi connectivity index (χ2v) is 6.55. The van der Waals surface area contributed by atoms with E-state index in [1.54, 1.807) is 0 Å². The summed E-state index contributed by atoms with van der Waals surface area (Å²) >= 11 is 0. The number of nitrogens with zero attached hydrogens (tertiary/aromatic N) is 1. The van der Waals surface area contributed by atoms with Gasteiger partial charge in [-0.15, -0.1) is 0 Å². The fourth-order valence-corrected chi connectivity index (χ4v) is 3.06. The Labute approximate surface area is 154 Å². The van der Waals surface area contributed by atoms with Gasteiger partial charge in [0.1, 0.15) is 12.4 Å². The van der Waals surface area contributed by atoms with Gasteiger partial charge in [0.05, 0.1) is 19.1 Å². The van der Waals surface area contributed by atoms with Crippen LogP contribution in [0.2, 0.25) is 0 Å². The molecule has 0 spiro atoms. The molecule has 1 atom stereocenters. The number of hydrogen-bond donors (Lipinski definition) is 1. The fourth-order valence-electron chi connectivity index (χ4n) is 3.06. The van der Waals surface area contributed by atoms with Crippen molar-refractivity contribution in [2.75, 3.05) is 32.0 Å². The Bertz CT molecular complexity index is 682. The van der Waals surface area contributed by atoms with Crippen LogP contribution in [0.4, 0.5) is 5.69 Å². The topological polar surface area (TPSA) is 64.8 Å². The molecule has 1 aliphatic rings. The van der Waals surface area contributed by atoms with Gasteiger partial charge in [0, 0.05) is 18.8 Å². The van der Waals surface area contributed by atoms with Crippen LogP contribution in [0.5, 0.6) is 5.75 Å². The average molecular weight is 354 g/mol. The molecule has 1 aliphatic heterocycles. The number of anilines is 1. The third kappa shape index (κ3) is 5.49. The maximum atomic E-state index is 12.8. The van der Waals surface area contributed by atoms with Gasteiger partial charge in [0.25, 0.3) is 0 Å². The molecule has 5 nitrogen and oxygen atoms in total. The highest BCUT2D eigenvalue weighted by Gasteiger charge is 2.22. The van der Waals surface area contributed by atoms with Crippen LogP contribution in [0.25, 0.3) is 0 Å². The zero-order chi connectivity index (χ0) is 18.2. The number of para-hydroxylation sites is 1. The molecule has 1 amide bonds. The first kappa shape index (κ1) is 18.3. The van der Waals surface area contributed by atoms with E-state index in [4.69, 9.17) is 15.2 Å². The summed E-state index contributed by atoms with van der Waals surface area (Å²) in [5.74, 6) is 0.900. The van der Waals surface area contributed by atoms with Gasteiger partial charge in [-0.1, -0.05) is 30.3 Å². The van der Waals surface area contributed by atoms with Gasteiger partial charge in [0.2, 0.25) is 5.91 Å². The summed E-state index contributed by atoms with van der Waals surface area (Å²) in [7, 11) is 0. The first-order chi connectivity index (χ1) is 12.7. The molecule has 2 aromatic carbocycles. The van der Waals surface area contributed by atoms with Crippen molar-refractivity contribution in [3.8, 4) is 5.75 Å². The first-order valence-corrected chi connectivity index (χ1v) is 9.12. The molecule has 0 radical (unpaired) electrons. The number of carbonyl (C=O) groups is 1. The van der Waals surface area contributed by atoms with Crippen LogP contribution >= 0.6 is 0 Å². The third-order valence-corrected chi connectivity index (χ3v) is 4.51. The minimum atomic E-state index is 0.0851. The van der Waals surface area contributed by atoms with Gasteiger partial charge in [-0.05, 0) is 42.7 Å². The van der Waals surface area contributed by atoms with Crippen molar-refractivity contribution in [1.29, 1.82) is 0 Å². The molecule has 0 bridgehead atoms.